The molecule has 1 aromatic rings. The van der Waals surface area contributed by atoms with Crippen LogP contribution in [0.2, 0.25) is 0 Å². The maximum Gasteiger partial charge on any atom is 0.166 e. The molecule has 22 heavy (non-hydrogen) atoms. The maximum absolute atomic E-state index is 12.5. The Balaban J connectivity index is 1.67. The van der Waals surface area contributed by atoms with Crippen molar-refractivity contribution in [2.24, 2.45) is 29.6 Å². The lowest BCUT2D eigenvalue weighted by Gasteiger charge is -2.46. The minimum absolute atomic E-state index is 0.000253. The standard InChI is InChI=1S/C20H28O2/c1-13-8-15-10-14(2)18(17(9-13)11-15)12-19(21)20(22)16-6-4-3-5-7-16/h3-7,13-15,17-18,20,22H,8-12H2,1-2H3. The highest BCUT2D eigenvalue weighted by Crippen LogP contribution is 2.49. The summed E-state index contributed by atoms with van der Waals surface area (Å²) >= 11 is 0. The summed E-state index contributed by atoms with van der Waals surface area (Å²) < 4.78 is 0. The van der Waals surface area contributed by atoms with Crippen molar-refractivity contribution in [3.8, 4) is 0 Å². The normalized spacial score (nSPS) is 35.9. The summed E-state index contributed by atoms with van der Waals surface area (Å²) in [5.41, 5.74) is 0.728. The molecule has 6 atom stereocenters. The van der Waals surface area contributed by atoms with Crippen LogP contribution >= 0.6 is 0 Å². The second-order valence-corrected chi connectivity index (χ2v) is 7.80. The van der Waals surface area contributed by atoms with E-state index in [0.29, 0.717) is 24.2 Å². The van der Waals surface area contributed by atoms with E-state index in [9.17, 15) is 9.90 Å². The molecule has 2 bridgehead atoms. The number of Topliss-reactive ketones (excluding diaryl/α,β-unsaturated/α-hetero) is 1. The van der Waals surface area contributed by atoms with Crippen LogP contribution in [0, 0.1) is 29.6 Å². The Morgan fingerprint density at radius 2 is 1.86 bits per heavy atom. The van der Waals surface area contributed by atoms with Crippen molar-refractivity contribution < 1.29 is 9.90 Å². The molecule has 2 aliphatic rings. The highest BCUT2D eigenvalue weighted by atomic mass is 16.3. The average molecular weight is 300 g/mol. The molecule has 0 aromatic heterocycles. The van der Waals surface area contributed by atoms with Gasteiger partial charge in [-0.3, -0.25) is 4.79 Å². The van der Waals surface area contributed by atoms with Crippen molar-refractivity contribution in [3.05, 3.63) is 35.9 Å². The van der Waals surface area contributed by atoms with E-state index in [0.717, 1.165) is 17.4 Å². The highest BCUT2D eigenvalue weighted by Gasteiger charge is 2.41. The number of benzene rings is 1. The first-order valence-electron chi connectivity index (χ1n) is 8.80. The van der Waals surface area contributed by atoms with Crippen molar-refractivity contribution >= 4 is 5.78 Å². The van der Waals surface area contributed by atoms with Crippen LogP contribution in [-0.4, -0.2) is 10.9 Å². The molecular formula is C20H28O2. The van der Waals surface area contributed by atoms with E-state index in [1.165, 1.54) is 25.7 Å². The van der Waals surface area contributed by atoms with Crippen LogP contribution in [0.4, 0.5) is 0 Å². The maximum atomic E-state index is 12.5. The second kappa shape index (κ2) is 6.54. The number of aliphatic hydroxyl groups is 1. The van der Waals surface area contributed by atoms with Gasteiger partial charge in [0.2, 0.25) is 0 Å². The van der Waals surface area contributed by atoms with Crippen LogP contribution in [0.1, 0.15) is 57.6 Å². The molecule has 120 valence electrons. The smallest absolute Gasteiger partial charge is 0.166 e. The molecule has 6 unspecified atom stereocenters. The molecule has 2 nitrogen and oxygen atoms in total. The monoisotopic (exact) mass is 300 g/mol. The van der Waals surface area contributed by atoms with Crippen LogP contribution in [0.3, 0.4) is 0 Å². The zero-order chi connectivity index (χ0) is 15.7. The van der Waals surface area contributed by atoms with E-state index in [1.807, 2.05) is 30.3 Å². The van der Waals surface area contributed by atoms with Gasteiger partial charge in [-0.25, -0.2) is 0 Å². The second-order valence-electron chi connectivity index (χ2n) is 7.80. The Kier molecular flexibility index (Phi) is 4.67. The van der Waals surface area contributed by atoms with E-state index in [2.05, 4.69) is 13.8 Å². The molecule has 2 heteroatoms. The Morgan fingerprint density at radius 1 is 1.14 bits per heavy atom. The highest BCUT2D eigenvalue weighted by molar-refractivity contribution is 5.84. The van der Waals surface area contributed by atoms with Gasteiger partial charge in [-0.2, -0.15) is 0 Å². The minimum atomic E-state index is -0.952. The van der Waals surface area contributed by atoms with Crippen LogP contribution < -0.4 is 0 Å². The number of carbonyl (C=O) groups excluding carboxylic acids is 1. The molecule has 3 rings (SSSR count). The van der Waals surface area contributed by atoms with E-state index in [4.69, 9.17) is 0 Å². The predicted molar refractivity (Wildman–Crippen MR) is 88.3 cm³/mol. The summed E-state index contributed by atoms with van der Waals surface area (Å²) in [5.74, 6) is 3.43. The summed E-state index contributed by atoms with van der Waals surface area (Å²) in [6.07, 6.45) is 4.79. The molecule has 0 radical (unpaired) electrons. The average Bonchev–Trinajstić information content (AvgIpc) is 2.50. The number of hydrogen-bond donors (Lipinski definition) is 1. The first kappa shape index (κ1) is 15.7. The SMILES string of the molecule is CC1CC2CC(C)C(CC(=O)C(O)c3ccccc3)C(C1)C2. The molecule has 2 saturated carbocycles. The number of ketones is 1. The lowest BCUT2D eigenvalue weighted by molar-refractivity contribution is -0.130. The Bertz CT molecular complexity index is 506. The fourth-order valence-corrected chi connectivity index (χ4v) is 5.04. The van der Waals surface area contributed by atoms with Crippen molar-refractivity contribution in [2.75, 3.05) is 0 Å². The quantitative estimate of drug-likeness (QED) is 0.895. The van der Waals surface area contributed by atoms with Gasteiger partial charge >= 0.3 is 0 Å². The van der Waals surface area contributed by atoms with Crippen molar-refractivity contribution in [2.45, 2.75) is 52.1 Å². The van der Waals surface area contributed by atoms with Crippen LogP contribution in [0.25, 0.3) is 0 Å². The fraction of sp³-hybridized carbons (Fsp3) is 0.650. The van der Waals surface area contributed by atoms with Crippen LogP contribution in [-0.2, 0) is 4.79 Å². The van der Waals surface area contributed by atoms with Gasteiger partial charge in [0.1, 0.15) is 6.10 Å². The Labute approximate surface area is 133 Å². The van der Waals surface area contributed by atoms with E-state index in [-0.39, 0.29) is 5.78 Å². The molecule has 2 aliphatic carbocycles. The molecule has 1 aromatic carbocycles. The summed E-state index contributed by atoms with van der Waals surface area (Å²) in [7, 11) is 0. The van der Waals surface area contributed by atoms with Gasteiger partial charge in [-0.15, -0.1) is 0 Å². The van der Waals surface area contributed by atoms with Gasteiger partial charge in [0.25, 0.3) is 0 Å². The third-order valence-electron chi connectivity index (χ3n) is 5.98. The third-order valence-corrected chi connectivity index (χ3v) is 5.98. The van der Waals surface area contributed by atoms with Gasteiger partial charge in [0.05, 0.1) is 0 Å². The molecule has 2 fully saturated rings. The van der Waals surface area contributed by atoms with Gasteiger partial charge in [0, 0.05) is 6.42 Å². The van der Waals surface area contributed by atoms with E-state index >= 15 is 0 Å². The largest absolute Gasteiger partial charge is 0.381 e. The lowest BCUT2D eigenvalue weighted by atomic mass is 9.59. The van der Waals surface area contributed by atoms with Gasteiger partial charge < -0.3 is 5.11 Å². The summed E-state index contributed by atoms with van der Waals surface area (Å²) in [5, 5.41) is 10.3. The molecule has 0 aliphatic heterocycles. The summed E-state index contributed by atoms with van der Waals surface area (Å²) in [6, 6.07) is 9.34. The van der Waals surface area contributed by atoms with Gasteiger partial charge in [0.15, 0.2) is 5.78 Å². The molecule has 0 spiro atoms. The number of fused-ring (bicyclic) bond motifs is 2. The Hall–Kier alpha value is -1.15. The predicted octanol–water partition coefficient (Wildman–Crippen LogP) is 4.39. The third kappa shape index (κ3) is 3.27. The van der Waals surface area contributed by atoms with Crippen molar-refractivity contribution in [1.29, 1.82) is 0 Å². The molecule has 1 N–H and O–H groups in total. The number of carbonyl (C=O) groups is 1. The van der Waals surface area contributed by atoms with Crippen LogP contribution in [0.5, 0.6) is 0 Å². The zero-order valence-electron chi connectivity index (χ0n) is 13.7. The molecule has 0 saturated heterocycles. The van der Waals surface area contributed by atoms with Gasteiger partial charge in [-0.1, -0.05) is 44.2 Å². The first-order chi connectivity index (χ1) is 10.5. The summed E-state index contributed by atoms with van der Waals surface area (Å²) in [6.45, 7) is 4.66. The first-order valence-corrected chi connectivity index (χ1v) is 8.80. The van der Waals surface area contributed by atoms with Gasteiger partial charge in [-0.05, 0) is 60.8 Å². The Morgan fingerprint density at radius 3 is 2.59 bits per heavy atom. The number of aliphatic hydroxyl groups excluding tert-OH is 1. The molecule has 0 heterocycles. The zero-order valence-corrected chi connectivity index (χ0v) is 13.7. The molecular weight excluding hydrogens is 272 g/mol. The summed E-state index contributed by atoms with van der Waals surface area (Å²) in [4.78, 5) is 12.5. The number of rotatable bonds is 4. The number of hydrogen-bond acceptors (Lipinski definition) is 2. The lowest BCUT2D eigenvalue weighted by Crippen LogP contribution is -2.38. The van der Waals surface area contributed by atoms with Crippen molar-refractivity contribution in [1.82, 2.24) is 0 Å². The fourth-order valence-electron chi connectivity index (χ4n) is 5.04. The van der Waals surface area contributed by atoms with Crippen LogP contribution in [0.15, 0.2) is 30.3 Å². The van der Waals surface area contributed by atoms with E-state index in [1.54, 1.807) is 0 Å². The molecule has 0 amide bonds. The topological polar surface area (TPSA) is 37.3 Å². The minimum Gasteiger partial charge on any atom is -0.381 e. The van der Waals surface area contributed by atoms with Crippen molar-refractivity contribution in [3.63, 3.8) is 0 Å². The van der Waals surface area contributed by atoms with E-state index < -0.39 is 6.10 Å².